The molecule has 0 radical (unpaired) electrons. The van der Waals surface area contributed by atoms with Crippen molar-refractivity contribution in [1.82, 2.24) is 15.0 Å². The zero-order chi connectivity index (χ0) is 10.1. The third-order valence-electron chi connectivity index (χ3n) is 1.10. The molecule has 0 bridgehead atoms. The molecule has 8 heteroatoms. The van der Waals surface area contributed by atoms with E-state index in [1.165, 1.54) is 7.05 Å². The number of nitrogens with zero attached hydrogens (tertiary/aromatic N) is 3. The lowest BCUT2D eigenvalue weighted by Crippen LogP contribution is -2.30. The number of hydrogen-bond donors (Lipinski definition) is 1. The van der Waals surface area contributed by atoms with Crippen molar-refractivity contribution in [3.63, 3.8) is 0 Å². The molecule has 0 saturated carbocycles. The van der Waals surface area contributed by atoms with Gasteiger partial charge in [-0.1, -0.05) is 0 Å². The minimum atomic E-state index is -4.91. The molecule has 0 atom stereocenters. The van der Waals surface area contributed by atoms with Crippen molar-refractivity contribution >= 4 is 11.7 Å². The van der Waals surface area contributed by atoms with Gasteiger partial charge in [-0.05, 0) is 0 Å². The van der Waals surface area contributed by atoms with Gasteiger partial charge in [0.05, 0.1) is 6.20 Å². The van der Waals surface area contributed by atoms with Gasteiger partial charge >= 0.3 is 12.1 Å². The molecule has 0 spiro atoms. The summed E-state index contributed by atoms with van der Waals surface area (Å²) in [6.07, 6.45) is -3.89. The molecule has 13 heavy (non-hydrogen) atoms. The predicted molar refractivity (Wildman–Crippen MR) is 35.7 cm³/mol. The van der Waals surface area contributed by atoms with Crippen LogP contribution < -0.4 is 5.32 Å². The Morgan fingerprint density at radius 2 is 2.23 bits per heavy atom. The van der Waals surface area contributed by atoms with Gasteiger partial charge in [-0.15, -0.1) is 5.10 Å². The monoisotopic (exact) mass is 194 g/mol. The number of carbonyl (C=O) groups excluding carboxylic acids is 1. The summed E-state index contributed by atoms with van der Waals surface area (Å²) in [5, 5.41) is 8.46. The van der Waals surface area contributed by atoms with Gasteiger partial charge in [0.1, 0.15) is 0 Å². The van der Waals surface area contributed by atoms with Crippen molar-refractivity contribution in [2.24, 2.45) is 7.05 Å². The van der Waals surface area contributed by atoms with Crippen LogP contribution in [0.4, 0.5) is 19.0 Å². The Labute approximate surface area is 70.5 Å². The minimum absolute atomic E-state index is 0.232. The third kappa shape index (κ3) is 2.42. The summed E-state index contributed by atoms with van der Waals surface area (Å²) in [4.78, 5) is 11.4. The Kier molecular flexibility index (Phi) is 2.22. The Bertz CT molecular complexity index is 318. The molecule has 1 aromatic rings. The molecule has 5 nitrogen and oxygen atoms in total. The van der Waals surface area contributed by atoms with Crippen LogP contribution in [-0.2, 0) is 11.8 Å². The molecule has 0 unspecified atom stereocenters. The summed E-state index contributed by atoms with van der Waals surface area (Å²) in [5.41, 5.74) is 0. The fourth-order valence-electron chi connectivity index (χ4n) is 0.590. The highest BCUT2D eigenvalue weighted by Crippen LogP contribution is 2.16. The molecule has 1 amide bonds. The largest absolute Gasteiger partial charge is 0.471 e. The van der Waals surface area contributed by atoms with E-state index < -0.39 is 12.1 Å². The predicted octanol–water partition coefficient (Wildman–Crippen LogP) is 0.316. The van der Waals surface area contributed by atoms with Crippen molar-refractivity contribution < 1.29 is 18.0 Å². The lowest BCUT2D eigenvalue weighted by molar-refractivity contribution is -0.167. The molecule has 0 aliphatic heterocycles. The number of aryl methyl sites for hydroxylation is 1. The normalized spacial score (nSPS) is 11.4. The first-order chi connectivity index (χ1) is 5.89. The maximum Gasteiger partial charge on any atom is 0.471 e. The van der Waals surface area contributed by atoms with E-state index in [4.69, 9.17) is 0 Å². The van der Waals surface area contributed by atoms with Crippen LogP contribution in [0.25, 0.3) is 0 Å². The van der Waals surface area contributed by atoms with E-state index in [2.05, 4.69) is 10.2 Å². The van der Waals surface area contributed by atoms with Gasteiger partial charge in [0.25, 0.3) is 0 Å². The Morgan fingerprint density at radius 3 is 2.62 bits per heavy atom. The number of alkyl halides is 3. The summed E-state index contributed by atoms with van der Waals surface area (Å²) >= 11 is 0. The molecule has 1 heterocycles. The summed E-state index contributed by atoms with van der Waals surface area (Å²) in [7, 11) is 1.42. The van der Waals surface area contributed by atoms with Crippen molar-refractivity contribution in [2.45, 2.75) is 6.18 Å². The van der Waals surface area contributed by atoms with Gasteiger partial charge in [0.15, 0.2) is 5.82 Å². The lowest BCUT2D eigenvalue weighted by atomic mass is 10.5. The summed E-state index contributed by atoms with van der Waals surface area (Å²) in [6, 6.07) is 0. The molecule has 0 aromatic carbocycles. The number of rotatable bonds is 1. The van der Waals surface area contributed by atoms with E-state index in [9.17, 15) is 18.0 Å². The number of aromatic nitrogens is 3. The number of carbonyl (C=O) groups is 1. The highest BCUT2D eigenvalue weighted by molar-refractivity contribution is 5.93. The second kappa shape index (κ2) is 3.04. The topological polar surface area (TPSA) is 59.8 Å². The fourth-order valence-corrected chi connectivity index (χ4v) is 0.590. The highest BCUT2D eigenvalue weighted by Gasteiger charge is 2.39. The first-order valence-corrected chi connectivity index (χ1v) is 3.14. The third-order valence-corrected chi connectivity index (χ3v) is 1.10. The first kappa shape index (κ1) is 9.49. The van der Waals surface area contributed by atoms with Gasteiger partial charge < -0.3 is 0 Å². The molecular weight excluding hydrogens is 189 g/mol. The number of halogens is 3. The molecule has 1 N–H and O–H groups in total. The zero-order valence-electron chi connectivity index (χ0n) is 6.46. The molecule has 0 fully saturated rings. The number of hydrogen-bond acceptors (Lipinski definition) is 3. The number of amides is 1. The molecule has 1 aromatic heterocycles. The molecule has 0 saturated heterocycles. The highest BCUT2D eigenvalue weighted by atomic mass is 19.4. The molecular formula is C5H5F3N4O. The van der Waals surface area contributed by atoms with Gasteiger partial charge in [0.2, 0.25) is 0 Å². The van der Waals surface area contributed by atoms with Gasteiger partial charge in [-0.2, -0.15) is 23.1 Å². The van der Waals surface area contributed by atoms with Crippen LogP contribution in [-0.4, -0.2) is 27.1 Å². The standard InChI is InChI=1S/C5H5F3N4O/c1-12-9-2-3(11-12)10-4(13)5(6,7)8/h2H,1H3,(H,10,11,13). The Balaban J connectivity index is 2.65. The van der Waals surface area contributed by atoms with Crippen molar-refractivity contribution in [1.29, 1.82) is 0 Å². The number of nitrogens with one attached hydrogen (secondary N) is 1. The van der Waals surface area contributed by atoms with Crippen molar-refractivity contribution in [3.8, 4) is 0 Å². The van der Waals surface area contributed by atoms with Crippen molar-refractivity contribution in [2.75, 3.05) is 5.32 Å². The quantitative estimate of drug-likeness (QED) is 0.700. The van der Waals surface area contributed by atoms with Gasteiger partial charge in [0, 0.05) is 7.05 Å². The van der Waals surface area contributed by atoms with Gasteiger partial charge in [-0.25, -0.2) is 0 Å². The van der Waals surface area contributed by atoms with E-state index in [0.29, 0.717) is 0 Å². The van der Waals surface area contributed by atoms with Crippen molar-refractivity contribution in [3.05, 3.63) is 6.20 Å². The smallest absolute Gasteiger partial charge is 0.300 e. The Hall–Kier alpha value is -1.60. The fraction of sp³-hybridized carbons (Fsp3) is 0.400. The van der Waals surface area contributed by atoms with Crippen LogP contribution in [0, 0.1) is 0 Å². The molecule has 0 aliphatic rings. The van der Waals surface area contributed by atoms with E-state index in [1.54, 1.807) is 5.32 Å². The van der Waals surface area contributed by atoms with E-state index in [-0.39, 0.29) is 5.82 Å². The summed E-state index contributed by atoms with van der Waals surface area (Å²) < 4.78 is 35.0. The van der Waals surface area contributed by atoms with E-state index in [0.717, 1.165) is 11.0 Å². The average molecular weight is 194 g/mol. The number of anilines is 1. The zero-order valence-corrected chi connectivity index (χ0v) is 6.46. The SMILES string of the molecule is Cn1ncc(NC(=O)C(F)(F)F)n1. The average Bonchev–Trinajstić information content (AvgIpc) is 2.33. The van der Waals surface area contributed by atoms with Crippen LogP contribution in [0.3, 0.4) is 0 Å². The Morgan fingerprint density at radius 1 is 1.62 bits per heavy atom. The molecule has 72 valence electrons. The second-order valence-electron chi connectivity index (χ2n) is 2.17. The maximum atomic E-state index is 11.7. The van der Waals surface area contributed by atoms with E-state index in [1.807, 2.05) is 0 Å². The second-order valence-corrected chi connectivity index (χ2v) is 2.17. The minimum Gasteiger partial charge on any atom is -0.300 e. The maximum absolute atomic E-state index is 11.7. The molecule has 0 aliphatic carbocycles. The lowest BCUT2D eigenvalue weighted by Gasteiger charge is -2.03. The van der Waals surface area contributed by atoms with Crippen LogP contribution >= 0.6 is 0 Å². The van der Waals surface area contributed by atoms with Gasteiger partial charge in [-0.3, -0.25) is 10.1 Å². The summed E-state index contributed by atoms with van der Waals surface area (Å²) in [6.45, 7) is 0. The molecule has 1 rings (SSSR count). The summed E-state index contributed by atoms with van der Waals surface area (Å²) in [5.74, 6) is -2.29. The van der Waals surface area contributed by atoms with E-state index >= 15 is 0 Å². The van der Waals surface area contributed by atoms with Crippen LogP contribution in [0.15, 0.2) is 6.20 Å². The van der Waals surface area contributed by atoms with Crippen LogP contribution in [0.2, 0.25) is 0 Å². The first-order valence-electron chi connectivity index (χ1n) is 3.14. The van der Waals surface area contributed by atoms with Crippen LogP contribution in [0.1, 0.15) is 0 Å². The van der Waals surface area contributed by atoms with Crippen LogP contribution in [0.5, 0.6) is 0 Å².